The molecule has 0 fully saturated rings. The summed E-state index contributed by atoms with van der Waals surface area (Å²) in [5.41, 5.74) is 2.05. The van der Waals surface area contributed by atoms with Gasteiger partial charge in [-0.15, -0.1) is 0 Å². The van der Waals surface area contributed by atoms with Crippen LogP contribution in [0.2, 0.25) is 0 Å². The summed E-state index contributed by atoms with van der Waals surface area (Å²) in [5, 5.41) is 0. The molecule has 0 saturated carbocycles. The van der Waals surface area contributed by atoms with Crippen LogP contribution in [-0.4, -0.2) is 0 Å². The average molecular weight is 273 g/mol. The molecule has 0 unspecified atom stereocenters. The van der Waals surface area contributed by atoms with Gasteiger partial charge in [-0.25, -0.2) is 0 Å². The van der Waals surface area contributed by atoms with Crippen molar-refractivity contribution in [2.75, 3.05) is 0 Å². The summed E-state index contributed by atoms with van der Waals surface area (Å²) in [6.45, 7) is 12.7. The van der Waals surface area contributed by atoms with Crippen LogP contribution in [0.15, 0.2) is 24.3 Å². The van der Waals surface area contributed by atoms with Crippen molar-refractivity contribution in [1.82, 2.24) is 0 Å². The highest BCUT2D eigenvalue weighted by molar-refractivity contribution is 6.48. The highest BCUT2D eigenvalue weighted by atomic mass is 35.5. The molecule has 1 aromatic carbocycles. The van der Waals surface area contributed by atoms with Crippen LogP contribution in [-0.2, 0) is 9.75 Å². The first-order valence-corrected chi connectivity index (χ1v) is 6.71. The zero-order valence-corrected chi connectivity index (χ0v) is 13.1. The van der Waals surface area contributed by atoms with Gasteiger partial charge < -0.3 is 0 Å². The van der Waals surface area contributed by atoms with E-state index in [4.69, 9.17) is 23.2 Å². The van der Waals surface area contributed by atoms with Crippen molar-refractivity contribution in [2.24, 2.45) is 5.41 Å². The molecule has 0 aliphatic carbocycles. The summed E-state index contributed by atoms with van der Waals surface area (Å²) in [5.74, 6) is 0. The minimum absolute atomic E-state index is 0.0386. The van der Waals surface area contributed by atoms with Gasteiger partial charge in [0.05, 0.1) is 0 Å². The maximum absolute atomic E-state index is 6.61. The third-order valence-corrected chi connectivity index (χ3v) is 4.56. The zero-order valence-electron chi connectivity index (χ0n) is 11.6. The minimum Gasteiger partial charge on any atom is -0.0957 e. The molecule has 1 rings (SSSR count). The van der Waals surface area contributed by atoms with Crippen LogP contribution in [0.25, 0.3) is 0 Å². The van der Waals surface area contributed by atoms with E-state index in [9.17, 15) is 0 Å². The molecule has 0 saturated heterocycles. The first kappa shape index (κ1) is 14.9. The van der Waals surface area contributed by atoms with E-state index in [-0.39, 0.29) is 10.8 Å². The predicted octanol–water partition coefficient (Wildman–Crippen LogP) is 5.66. The van der Waals surface area contributed by atoms with Gasteiger partial charge in [-0.3, -0.25) is 0 Å². The smallest absolute Gasteiger partial charge is 0.0957 e. The molecule has 2 heteroatoms. The number of hydrogen-bond donors (Lipinski definition) is 0. The summed E-state index contributed by atoms with van der Waals surface area (Å²) in [4.78, 5) is 0. The van der Waals surface area contributed by atoms with Crippen molar-refractivity contribution < 1.29 is 0 Å². The van der Waals surface area contributed by atoms with Gasteiger partial charge in [0.2, 0.25) is 0 Å². The lowest BCUT2D eigenvalue weighted by atomic mass is 9.78. The van der Waals surface area contributed by atoms with Crippen molar-refractivity contribution in [3.63, 3.8) is 0 Å². The van der Waals surface area contributed by atoms with Gasteiger partial charge >= 0.3 is 0 Å². The van der Waals surface area contributed by atoms with Crippen LogP contribution in [0.4, 0.5) is 0 Å². The highest BCUT2D eigenvalue weighted by Crippen LogP contribution is 2.51. The van der Waals surface area contributed by atoms with E-state index >= 15 is 0 Å². The summed E-state index contributed by atoms with van der Waals surface area (Å²) >= 11 is 13.2. The number of alkyl halides is 2. The van der Waals surface area contributed by atoms with E-state index < -0.39 is 4.33 Å². The Kier molecular flexibility index (Phi) is 3.91. The Bertz CT molecular complexity index is 392. The fourth-order valence-corrected chi connectivity index (χ4v) is 2.14. The largest absolute Gasteiger partial charge is 0.148 e. The lowest BCUT2D eigenvalue weighted by Gasteiger charge is -2.38. The van der Waals surface area contributed by atoms with E-state index in [0.29, 0.717) is 0 Å². The first-order valence-electron chi connectivity index (χ1n) is 5.96. The van der Waals surface area contributed by atoms with Crippen molar-refractivity contribution >= 4 is 23.2 Å². The molecule has 0 amide bonds. The maximum atomic E-state index is 6.61. The Morgan fingerprint density at radius 3 is 1.53 bits per heavy atom. The summed E-state index contributed by atoms with van der Waals surface area (Å²) < 4.78 is -0.878. The third-order valence-electron chi connectivity index (χ3n) is 3.02. The van der Waals surface area contributed by atoms with E-state index in [2.05, 4.69) is 47.6 Å². The lowest BCUT2D eigenvalue weighted by Crippen LogP contribution is -2.32. The van der Waals surface area contributed by atoms with Gasteiger partial charge in [-0.2, -0.15) is 0 Å². The standard InChI is InChI=1S/C15H22Cl2/c1-13(2,3)11-9-7-8-10-12(11)15(16,17)14(4,5)6/h7-10H,1-6H3. The molecule has 0 radical (unpaired) electrons. The van der Waals surface area contributed by atoms with E-state index in [0.717, 1.165) is 5.56 Å². The van der Waals surface area contributed by atoms with Crippen LogP contribution in [0.3, 0.4) is 0 Å². The second kappa shape index (κ2) is 4.48. The van der Waals surface area contributed by atoms with Crippen molar-refractivity contribution in [3.8, 4) is 0 Å². The highest BCUT2D eigenvalue weighted by Gasteiger charge is 2.42. The number of hydrogen-bond acceptors (Lipinski definition) is 0. The Hall–Kier alpha value is -0.200. The van der Waals surface area contributed by atoms with Gasteiger partial charge in [-0.05, 0) is 22.0 Å². The van der Waals surface area contributed by atoms with Crippen molar-refractivity contribution in [3.05, 3.63) is 35.4 Å². The van der Waals surface area contributed by atoms with Gasteiger partial charge in [-0.1, -0.05) is 89.0 Å². The van der Waals surface area contributed by atoms with Crippen LogP contribution < -0.4 is 0 Å². The van der Waals surface area contributed by atoms with Crippen molar-refractivity contribution in [1.29, 1.82) is 0 Å². The molecule has 17 heavy (non-hydrogen) atoms. The molecule has 96 valence electrons. The molecule has 0 atom stereocenters. The molecule has 0 aliphatic heterocycles. The molecule has 0 bridgehead atoms. The fourth-order valence-electron chi connectivity index (χ4n) is 1.81. The molecule has 0 aromatic heterocycles. The second-order valence-electron chi connectivity index (χ2n) is 6.62. The summed E-state index contributed by atoms with van der Waals surface area (Å²) in [6, 6.07) is 8.18. The number of benzene rings is 1. The number of rotatable bonds is 1. The third kappa shape index (κ3) is 2.98. The van der Waals surface area contributed by atoms with Gasteiger partial charge in [0.15, 0.2) is 0 Å². The second-order valence-corrected chi connectivity index (χ2v) is 7.95. The van der Waals surface area contributed by atoms with E-state index in [1.165, 1.54) is 5.56 Å². The molecule has 0 spiro atoms. The van der Waals surface area contributed by atoms with Crippen molar-refractivity contribution in [2.45, 2.75) is 51.3 Å². The monoisotopic (exact) mass is 272 g/mol. The maximum Gasteiger partial charge on any atom is 0.148 e. The topological polar surface area (TPSA) is 0 Å². The average Bonchev–Trinajstić information content (AvgIpc) is 2.14. The summed E-state index contributed by atoms with van der Waals surface area (Å²) in [6.07, 6.45) is 0. The molecule has 0 nitrogen and oxygen atoms in total. The Labute approximate surface area is 115 Å². The lowest BCUT2D eigenvalue weighted by molar-refractivity contribution is 0.355. The Morgan fingerprint density at radius 2 is 1.18 bits per heavy atom. The van der Waals surface area contributed by atoms with Crippen LogP contribution in [0, 0.1) is 5.41 Å². The van der Waals surface area contributed by atoms with Gasteiger partial charge in [0.25, 0.3) is 0 Å². The van der Waals surface area contributed by atoms with Crippen LogP contribution >= 0.6 is 23.2 Å². The summed E-state index contributed by atoms with van der Waals surface area (Å²) in [7, 11) is 0. The zero-order chi connectivity index (χ0) is 13.5. The van der Waals surface area contributed by atoms with Crippen LogP contribution in [0.1, 0.15) is 52.7 Å². The predicted molar refractivity (Wildman–Crippen MR) is 78.0 cm³/mol. The molecule has 0 heterocycles. The van der Waals surface area contributed by atoms with E-state index in [1.807, 2.05) is 18.2 Å². The SMILES string of the molecule is CC(C)(C)c1ccccc1C(Cl)(Cl)C(C)(C)C. The fraction of sp³-hybridized carbons (Fsp3) is 0.600. The normalized spacial score (nSPS) is 13.9. The quantitative estimate of drug-likeness (QED) is 0.579. The first-order chi connectivity index (χ1) is 7.48. The molecular formula is C15H22Cl2. The Balaban J connectivity index is 3.43. The molecule has 0 N–H and O–H groups in total. The Morgan fingerprint density at radius 1 is 0.765 bits per heavy atom. The molecule has 0 aliphatic rings. The number of halogens is 2. The van der Waals surface area contributed by atoms with Gasteiger partial charge in [0, 0.05) is 0 Å². The minimum atomic E-state index is -0.878. The van der Waals surface area contributed by atoms with Crippen LogP contribution in [0.5, 0.6) is 0 Å². The molecule has 1 aromatic rings. The van der Waals surface area contributed by atoms with Gasteiger partial charge in [0.1, 0.15) is 4.33 Å². The molecular weight excluding hydrogens is 251 g/mol. The van der Waals surface area contributed by atoms with E-state index in [1.54, 1.807) is 0 Å².